The summed E-state index contributed by atoms with van der Waals surface area (Å²) in [5.74, 6) is -1.42. The number of carboxylic acid groups (broad SMARTS) is 1. The molecule has 32 heavy (non-hydrogen) atoms. The molecule has 2 aliphatic rings. The fourth-order valence-corrected chi connectivity index (χ4v) is 4.52. The molecule has 1 saturated heterocycles. The molecule has 1 heterocycles. The van der Waals surface area contributed by atoms with Gasteiger partial charge < -0.3 is 20.1 Å². The van der Waals surface area contributed by atoms with Crippen LogP contribution in [-0.4, -0.2) is 53.7 Å². The third-order valence-corrected chi connectivity index (χ3v) is 6.55. The maximum atomic E-state index is 12.4. The highest BCUT2D eigenvalue weighted by Gasteiger charge is 2.37. The van der Waals surface area contributed by atoms with E-state index in [9.17, 15) is 14.4 Å². The minimum Gasteiger partial charge on any atom is -0.481 e. The lowest BCUT2D eigenvalue weighted by atomic mass is 9.87. The van der Waals surface area contributed by atoms with Crippen molar-refractivity contribution in [3.05, 3.63) is 59.7 Å². The van der Waals surface area contributed by atoms with E-state index in [1.165, 1.54) is 11.1 Å². The normalized spacial score (nSPS) is 17.0. The van der Waals surface area contributed by atoms with E-state index < -0.39 is 18.0 Å². The fraction of sp³-hybridized carbons (Fsp3) is 0.400. The molecule has 1 fully saturated rings. The summed E-state index contributed by atoms with van der Waals surface area (Å²) >= 11 is 0. The molecule has 0 spiro atoms. The number of nitrogens with one attached hydrogen (secondary N) is 1. The Labute approximate surface area is 187 Å². The molecule has 1 aliphatic heterocycles. The quantitative estimate of drug-likeness (QED) is 0.693. The first-order chi connectivity index (χ1) is 15.3. The first-order valence-electron chi connectivity index (χ1n) is 11.0. The zero-order valence-corrected chi connectivity index (χ0v) is 18.3. The average molecular weight is 437 g/mol. The number of carboxylic acids is 1. The molecule has 168 valence electrons. The maximum absolute atomic E-state index is 12.4. The summed E-state index contributed by atoms with van der Waals surface area (Å²) in [7, 11) is 0. The molecule has 7 heteroatoms. The highest BCUT2D eigenvalue weighted by molar-refractivity contribution is 5.80. The molecule has 4 rings (SSSR count). The number of benzene rings is 2. The van der Waals surface area contributed by atoms with Crippen molar-refractivity contribution < 1.29 is 24.2 Å². The lowest BCUT2D eigenvalue weighted by Crippen LogP contribution is -2.54. The van der Waals surface area contributed by atoms with Crippen molar-refractivity contribution in [3.8, 4) is 11.1 Å². The van der Waals surface area contributed by atoms with Crippen LogP contribution < -0.4 is 5.32 Å². The second-order valence-electron chi connectivity index (χ2n) is 8.76. The van der Waals surface area contributed by atoms with Gasteiger partial charge >= 0.3 is 12.1 Å². The van der Waals surface area contributed by atoms with Gasteiger partial charge in [0, 0.05) is 37.4 Å². The van der Waals surface area contributed by atoms with Gasteiger partial charge in [-0.25, -0.2) is 4.79 Å². The van der Waals surface area contributed by atoms with Crippen LogP contribution in [0.15, 0.2) is 48.5 Å². The Morgan fingerprint density at radius 3 is 2.16 bits per heavy atom. The van der Waals surface area contributed by atoms with Gasteiger partial charge in [-0.2, -0.15) is 0 Å². The van der Waals surface area contributed by atoms with Crippen molar-refractivity contribution in [1.29, 1.82) is 0 Å². The number of rotatable bonds is 7. The average Bonchev–Trinajstić information content (AvgIpc) is 3.04. The second-order valence-corrected chi connectivity index (χ2v) is 8.76. The molecule has 0 aromatic heterocycles. The Bertz CT molecular complexity index is 985. The largest absolute Gasteiger partial charge is 0.481 e. The van der Waals surface area contributed by atoms with Crippen molar-refractivity contribution >= 4 is 18.0 Å². The van der Waals surface area contributed by atoms with Crippen molar-refractivity contribution in [2.24, 2.45) is 11.8 Å². The first kappa shape index (κ1) is 21.9. The standard InChI is InChI=1S/C25H28N2O5/c1-15(11-23(28)27-12-17(13-27)16(2)24(29)30)26-25(31)32-14-22-20-9-5-3-7-18(20)19-8-4-6-10-21(19)22/h3-10,15-17,22H,11-14H2,1-2H3,(H,26,31)(H,29,30). The Balaban J connectivity index is 1.26. The topological polar surface area (TPSA) is 95.9 Å². The van der Waals surface area contributed by atoms with Crippen LogP contribution in [0.5, 0.6) is 0 Å². The lowest BCUT2D eigenvalue weighted by molar-refractivity contribution is -0.150. The maximum Gasteiger partial charge on any atom is 0.407 e. The Morgan fingerprint density at radius 1 is 1.03 bits per heavy atom. The van der Waals surface area contributed by atoms with Gasteiger partial charge in [-0.3, -0.25) is 9.59 Å². The monoisotopic (exact) mass is 436 g/mol. The van der Waals surface area contributed by atoms with Crippen LogP contribution in [0.2, 0.25) is 0 Å². The van der Waals surface area contributed by atoms with Crippen LogP contribution in [0, 0.1) is 11.8 Å². The zero-order chi connectivity index (χ0) is 22.8. The molecule has 2 atom stereocenters. The molecule has 7 nitrogen and oxygen atoms in total. The van der Waals surface area contributed by atoms with Gasteiger partial charge in [0.15, 0.2) is 0 Å². The minimum absolute atomic E-state index is 0.0122. The van der Waals surface area contributed by atoms with Crippen molar-refractivity contribution in [2.75, 3.05) is 19.7 Å². The first-order valence-corrected chi connectivity index (χ1v) is 11.0. The summed E-state index contributed by atoms with van der Waals surface area (Å²) in [5.41, 5.74) is 4.63. The van der Waals surface area contributed by atoms with Crippen LogP contribution in [0.3, 0.4) is 0 Å². The summed E-state index contributed by atoms with van der Waals surface area (Å²) in [6, 6.07) is 15.9. The zero-order valence-electron chi connectivity index (χ0n) is 18.3. The second kappa shape index (κ2) is 9.02. The van der Waals surface area contributed by atoms with Crippen LogP contribution in [0.4, 0.5) is 4.79 Å². The third kappa shape index (κ3) is 4.33. The Hall–Kier alpha value is -3.35. The van der Waals surface area contributed by atoms with E-state index in [1.807, 2.05) is 24.3 Å². The number of hydrogen-bond donors (Lipinski definition) is 2. The number of hydrogen-bond acceptors (Lipinski definition) is 4. The number of likely N-dealkylation sites (tertiary alicyclic amines) is 1. The van der Waals surface area contributed by atoms with Crippen molar-refractivity contribution in [2.45, 2.75) is 32.2 Å². The van der Waals surface area contributed by atoms with E-state index in [0.717, 1.165) is 11.1 Å². The van der Waals surface area contributed by atoms with E-state index in [2.05, 4.69) is 29.6 Å². The molecule has 0 saturated carbocycles. The molecule has 2 aromatic rings. The highest BCUT2D eigenvalue weighted by atomic mass is 16.5. The predicted octanol–water partition coefficient (Wildman–Crippen LogP) is 3.48. The number of aliphatic carboxylic acids is 1. The van der Waals surface area contributed by atoms with E-state index >= 15 is 0 Å². The number of amides is 2. The van der Waals surface area contributed by atoms with Gasteiger partial charge in [-0.15, -0.1) is 0 Å². The Morgan fingerprint density at radius 2 is 1.59 bits per heavy atom. The summed E-state index contributed by atoms with van der Waals surface area (Å²) in [6.45, 7) is 4.54. The van der Waals surface area contributed by atoms with Gasteiger partial charge in [0.05, 0.1) is 5.92 Å². The van der Waals surface area contributed by atoms with Gasteiger partial charge in [0.1, 0.15) is 6.61 Å². The molecular weight excluding hydrogens is 408 g/mol. The number of carbonyl (C=O) groups excluding carboxylic acids is 2. The van der Waals surface area contributed by atoms with Gasteiger partial charge in [0.25, 0.3) is 0 Å². The number of fused-ring (bicyclic) bond motifs is 3. The smallest absolute Gasteiger partial charge is 0.407 e. The third-order valence-electron chi connectivity index (χ3n) is 6.55. The number of nitrogens with zero attached hydrogens (tertiary/aromatic N) is 1. The molecule has 2 aromatic carbocycles. The van der Waals surface area contributed by atoms with Gasteiger partial charge in [-0.1, -0.05) is 55.5 Å². The lowest BCUT2D eigenvalue weighted by Gasteiger charge is -2.41. The SMILES string of the molecule is CC(CC(=O)N1CC(C(C)C(=O)O)C1)NC(=O)OCC1c2ccccc2-c2ccccc21. The van der Waals surface area contributed by atoms with E-state index in [0.29, 0.717) is 13.1 Å². The Kier molecular flexibility index (Phi) is 6.17. The minimum atomic E-state index is -0.840. The van der Waals surface area contributed by atoms with Crippen LogP contribution >= 0.6 is 0 Å². The predicted molar refractivity (Wildman–Crippen MR) is 119 cm³/mol. The summed E-state index contributed by atoms with van der Waals surface area (Å²) in [6.07, 6.45) is -0.397. The van der Waals surface area contributed by atoms with E-state index in [4.69, 9.17) is 9.84 Å². The molecule has 2 unspecified atom stereocenters. The highest BCUT2D eigenvalue weighted by Crippen LogP contribution is 2.44. The van der Waals surface area contributed by atoms with Crippen LogP contribution in [-0.2, 0) is 14.3 Å². The summed E-state index contributed by atoms with van der Waals surface area (Å²) in [5, 5.41) is 11.8. The van der Waals surface area contributed by atoms with Crippen molar-refractivity contribution in [1.82, 2.24) is 10.2 Å². The van der Waals surface area contributed by atoms with Crippen LogP contribution in [0.1, 0.15) is 37.3 Å². The molecular formula is C25H28N2O5. The molecule has 2 amide bonds. The molecule has 0 bridgehead atoms. The summed E-state index contributed by atoms with van der Waals surface area (Å²) < 4.78 is 5.53. The molecule has 0 radical (unpaired) electrons. The summed E-state index contributed by atoms with van der Waals surface area (Å²) in [4.78, 5) is 37.4. The van der Waals surface area contributed by atoms with Crippen molar-refractivity contribution in [3.63, 3.8) is 0 Å². The van der Waals surface area contributed by atoms with E-state index in [-0.39, 0.29) is 36.8 Å². The number of carbonyl (C=O) groups is 3. The van der Waals surface area contributed by atoms with E-state index in [1.54, 1.807) is 18.7 Å². The van der Waals surface area contributed by atoms with Crippen LogP contribution in [0.25, 0.3) is 11.1 Å². The van der Waals surface area contributed by atoms with Gasteiger partial charge in [-0.05, 0) is 29.2 Å². The fourth-order valence-electron chi connectivity index (χ4n) is 4.52. The number of ether oxygens (including phenoxy) is 1. The number of alkyl carbamates (subject to hydrolysis) is 1. The molecule has 1 aliphatic carbocycles. The molecule has 2 N–H and O–H groups in total. The van der Waals surface area contributed by atoms with Gasteiger partial charge in [0.2, 0.25) is 5.91 Å².